The molecule has 6 heteroatoms. The summed E-state index contributed by atoms with van der Waals surface area (Å²) in [6.07, 6.45) is 40.3. The summed E-state index contributed by atoms with van der Waals surface area (Å²) in [7, 11) is 0. The lowest BCUT2D eigenvalue weighted by Crippen LogP contribution is -2.30. The summed E-state index contributed by atoms with van der Waals surface area (Å²) in [5, 5.41) is 0. The largest absolute Gasteiger partial charge is 0.462 e. The SMILES string of the molecule is CC/C=C\CCCCCCCC(=O)OCC(COC(=O)CCCCCCC/C=C\CC)OC(=O)CCCCCCCCCCCCCCC. The predicted octanol–water partition coefficient (Wildman–Crippen LogP) is 12.9. The van der Waals surface area contributed by atoms with E-state index in [1.165, 1.54) is 89.9 Å². The average Bonchev–Trinajstić information content (AvgIpc) is 3.10. The van der Waals surface area contributed by atoms with Crippen molar-refractivity contribution in [2.45, 2.75) is 219 Å². The zero-order chi connectivity index (χ0) is 35.9. The number of carbonyl (C=O) groups is 3. The summed E-state index contributed by atoms with van der Waals surface area (Å²) < 4.78 is 16.6. The van der Waals surface area contributed by atoms with Crippen LogP contribution < -0.4 is 0 Å². The molecule has 6 nitrogen and oxygen atoms in total. The van der Waals surface area contributed by atoms with E-state index in [2.05, 4.69) is 45.1 Å². The van der Waals surface area contributed by atoms with Gasteiger partial charge >= 0.3 is 17.9 Å². The zero-order valence-electron chi connectivity index (χ0n) is 32.5. The van der Waals surface area contributed by atoms with E-state index in [0.29, 0.717) is 19.3 Å². The van der Waals surface area contributed by atoms with E-state index in [4.69, 9.17) is 14.2 Å². The second-order valence-corrected chi connectivity index (χ2v) is 13.8. The Hall–Kier alpha value is -2.11. The lowest BCUT2D eigenvalue weighted by Gasteiger charge is -2.18. The topological polar surface area (TPSA) is 78.9 Å². The van der Waals surface area contributed by atoms with Crippen LogP contribution in [0.2, 0.25) is 0 Å². The van der Waals surface area contributed by atoms with Crippen LogP contribution in [0.25, 0.3) is 0 Å². The third-order valence-corrected chi connectivity index (χ3v) is 8.95. The summed E-state index contributed by atoms with van der Waals surface area (Å²) in [6.45, 7) is 6.40. The minimum Gasteiger partial charge on any atom is -0.462 e. The summed E-state index contributed by atoms with van der Waals surface area (Å²) in [5.41, 5.74) is 0. The molecule has 0 aliphatic rings. The van der Waals surface area contributed by atoms with Gasteiger partial charge in [0.25, 0.3) is 0 Å². The fourth-order valence-electron chi connectivity index (χ4n) is 5.86. The smallest absolute Gasteiger partial charge is 0.306 e. The molecule has 0 saturated carbocycles. The van der Waals surface area contributed by atoms with Gasteiger partial charge in [-0.3, -0.25) is 14.4 Å². The highest BCUT2D eigenvalue weighted by Crippen LogP contribution is 2.14. The number of esters is 3. The fourth-order valence-corrected chi connectivity index (χ4v) is 5.86. The van der Waals surface area contributed by atoms with Gasteiger partial charge in [-0.15, -0.1) is 0 Å². The second-order valence-electron chi connectivity index (χ2n) is 13.8. The molecule has 0 spiro atoms. The van der Waals surface area contributed by atoms with Gasteiger partial charge in [-0.05, 0) is 57.8 Å². The molecule has 0 aliphatic heterocycles. The van der Waals surface area contributed by atoms with Crippen molar-refractivity contribution in [1.82, 2.24) is 0 Å². The van der Waals surface area contributed by atoms with E-state index in [1.54, 1.807) is 0 Å². The van der Waals surface area contributed by atoms with E-state index in [1.807, 2.05) is 0 Å². The standard InChI is InChI=1S/C43H78O6/c1-4-7-10-13-16-19-20-21-22-25-28-31-34-37-43(46)49-40(38-47-41(44)35-32-29-26-23-17-14-11-8-5-2)39-48-42(45)36-33-30-27-24-18-15-12-9-6-3/h8-9,11-12,40H,4-7,10,13-39H2,1-3H3/b11-8-,12-9-. The maximum absolute atomic E-state index is 12.6. The molecule has 0 fully saturated rings. The molecule has 0 bridgehead atoms. The molecule has 0 unspecified atom stereocenters. The number of allylic oxidation sites excluding steroid dienone is 4. The molecular formula is C43H78O6. The number of hydrogen-bond acceptors (Lipinski definition) is 6. The van der Waals surface area contributed by atoms with Crippen LogP contribution in [0.4, 0.5) is 0 Å². The van der Waals surface area contributed by atoms with Crippen LogP contribution in [-0.2, 0) is 28.6 Å². The molecule has 0 atom stereocenters. The first-order chi connectivity index (χ1) is 24.0. The Morgan fingerprint density at radius 2 is 0.735 bits per heavy atom. The van der Waals surface area contributed by atoms with Crippen LogP contribution in [0.1, 0.15) is 213 Å². The molecular weight excluding hydrogens is 612 g/mol. The van der Waals surface area contributed by atoms with Crippen LogP contribution in [0, 0.1) is 0 Å². The molecule has 0 N–H and O–H groups in total. The van der Waals surface area contributed by atoms with Crippen LogP contribution in [0.15, 0.2) is 24.3 Å². The first-order valence-electron chi connectivity index (χ1n) is 20.8. The van der Waals surface area contributed by atoms with Crippen molar-refractivity contribution in [1.29, 1.82) is 0 Å². The predicted molar refractivity (Wildman–Crippen MR) is 206 cm³/mol. The Bertz CT molecular complexity index is 760. The Balaban J connectivity index is 4.35. The van der Waals surface area contributed by atoms with Gasteiger partial charge in [-0.25, -0.2) is 0 Å². The summed E-state index contributed by atoms with van der Waals surface area (Å²) in [5.74, 6) is -0.900. The van der Waals surface area contributed by atoms with Crippen LogP contribution in [0.3, 0.4) is 0 Å². The number of hydrogen-bond donors (Lipinski definition) is 0. The molecule has 0 heterocycles. The first-order valence-corrected chi connectivity index (χ1v) is 20.8. The number of carbonyl (C=O) groups excluding carboxylic acids is 3. The lowest BCUT2D eigenvalue weighted by atomic mass is 10.0. The van der Waals surface area contributed by atoms with Gasteiger partial charge in [-0.2, -0.15) is 0 Å². The maximum Gasteiger partial charge on any atom is 0.306 e. The van der Waals surface area contributed by atoms with Crippen molar-refractivity contribution in [3.05, 3.63) is 24.3 Å². The monoisotopic (exact) mass is 691 g/mol. The van der Waals surface area contributed by atoms with Crippen molar-refractivity contribution >= 4 is 17.9 Å². The zero-order valence-corrected chi connectivity index (χ0v) is 32.5. The quantitative estimate of drug-likeness (QED) is 0.0279. The van der Waals surface area contributed by atoms with E-state index < -0.39 is 6.10 Å². The number of rotatable bonds is 37. The average molecular weight is 691 g/mol. The molecule has 0 aromatic carbocycles. The minimum atomic E-state index is -0.769. The summed E-state index contributed by atoms with van der Waals surface area (Å²) in [4.78, 5) is 37.5. The van der Waals surface area contributed by atoms with E-state index in [9.17, 15) is 14.4 Å². The Morgan fingerprint density at radius 1 is 0.408 bits per heavy atom. The summed E-state index contributed by atoms with van der Waals surface area (Å²) in [6, 6.07) is 0. The Morgan fingerprint density at radius 3 is 1.10 bits per heavy atom. The van der Waals surface area contributed by atoms with Crippen molar-refractivity contribution in [3.63, 3.8) is 0 Å². The second kappa shape index (κ2) is 38.7. The molecule has 0 aromatic heterocycles. The Labute approximate surface area is 303 Å². The number of ether oxygens (including phenoxy) is 3. The highest BCUT2D eigenvalue weighted by Gasteiger charge is 2.19. The highest BCUT2D eigenvalue weighted by atomic mass is 16.6. The minimum absolute atomic E-state index is 0.0767. The van der Waals surface area contributed by atoms with E-state index in [0.717, 1.165) is 83.5 Å². The summed E-state index contributed by atoms with van der Waals surface area (Å²) >= 11 is 0. The molecule has 0 rings (SSSR count). The van der Waals surface area contributed by atoms with Crippen LogP contribution in [-0.4, -0.2) is 37.2 Å². The van der Waals surface area contributed by atoms with Gasteiger partial charge in [0, 0.05) is 19.3 Å². The molecule has 0 aromatic rings. The van der Waals surface area contributed by atoms with Gasteiger partial charge in [0.2, 0.25) is 0 Å². The first kappa shape index (κ1) is 46.9. The van der Waals surface area contributed by atoms with Gasteiger partial charge in [0.15, 0.2) is 6.10 Å². The molecule has 286 valence electrons. The van der Waals surface area contributed by atoms with Crippen LogP contribution >= 0.6 is 0 Å². The molecule has 0 saturated heterocycles. The normalized spacial score (nSPS) is 11.6. The molecule has 0 radical (unpaired) electrons. The van der Waals surface area contributed by atoms with Crippen molar-refractivity contribution in [2.75, 3.05) is 13.2 Å². The van der Waals surface area contributed by atoms with Gasteiger partial charge in [0.05, 0.1) is 0 Å². The molecule has 49 heavy (non-hydrogen) atoms. The van der Waals surface area contributed by atoms with E-state index >= 15 is 0 Å². The van der Waals surface area contributed by atoms with Gasteiger partial charge in [-0.1, -0.05) is 161 Å². The van der Waals surface area contributed by atoms with Crippen molar-refractivity contribution in [2.24, 2.45) is 0 Å². The van der Waals surface area contributed by atoms with Crippen molar-refractivity contribution < 1.29 is 28.6 Å². The van der Waals surface area contributed by atoms with Gasteiger partial charge < -0.3 is 14.2 Å². The third-order valence-electron chi connectivity index (χ3n) is 8.95. The van der Waals surface area contributed by atoms with Crippen LogP contribution in [0.5, 0.6) is 0 Å². The maximum atomic E-state index is 12.6. The molecule has 0 aliphatic carbocycles. The van der Waals surface area contributed by atoms with Gasteiger partial charge in [0.1, 0.15) is 13.2 Å². The highest BCUT2D eigenvalue weighted by molar-refractivity contribution is 5.71. The van der Waals surface area contributed by atoms with E-state index in [-0.39, 0.29) is 31.1 Å². The number of unbranched alkanes of at least 4 members (excludes halogenated alkanes) is 22. The molecule has 0 amide bonds. The van der Waals surface area contributed by atoms with Crippen molar-refractivity contribution in [3.8, 4) is 0 Å². The third kappa shape index (κ3) is 37.0. The fraction of sp³-hybridized carbons (Fsp3) is 0.837. The Kier molecular flexibility index (Phi) is 37.0. The lowest BCUT2D eigenvalue weighted by molar-refractivity contribution is -0.167.